The lowest BCUT2D eigenvalue weighted by atomic mass is 10.2. The second kappa shape index (κ2) is 6.15. The Hall–Kier alpha value is -2.14. The molecule has 1 aromatic carbocycles. The molecule has 1 heterocycles. The Kier molecular flexibility index (Phi) is 4.30. The molecule has 2 aromatic rings. The van der Waals surface area contributed by atoms with Crippen LogP contribution >= 0.6 is 0 Å². The van der Waals surface area contributed by atoms with E-state index >= 15 is 0 Å². The molecule has 0 spiro atoms. The van der Waals surface area contributed by atoms with Crippen molar-refractivity contribution < 1.29 is 4.74 Å². The van der Waals surface area contributed by atoms with E-state index in [1.807, 2.05) is 38.1 Å². The van der Waals surface area contributed by atoms with Crippen LogP contribution in [0.3, 0.4) is 0 Å². The normalized spacial score (nSPS) is 10.5. The summed E-state index contributed by atoms with van der Waals surface area (Å²) >= 11 is 0. The molecule has 0 unspecified atom stereocenters. The van der Waals surface area contributed by atoms with E-state index < -0.39 is 0 Å². The van der Waals surface area contributed by atoms with Crippen LogP contribution in [0.2, 0.25) is 0 Å². The van der Waals surface area contributed by atoms with Gasteiger partial charge in [-0.3, -0.25) is 0 Å². The zero-order chi connectivity index (χ0) is 13.7. The largest absolute Gasteiger partial charge is 0.475 e. The van der Waals surface area contributed by atoms with Gasteiger partial charge in [-0.15, -0.1) is 0 Å². The number of nitrogens with zero attached hydrogens (tertiary/aromatic N) is 2. The summed E-state index contributed by atoms with van der Waals surface area (Å²) in [5.41, 5.74) is 7.61. The predicted molar refractivity (Wildman–Crippen MR) is 75.4 cm³/mol. The zero-order valence-electron chi connectivity index (χ0n) is 11.1. The van der Waals surface area contributed by atoms with Crippen LogP contribution in [0.15, 0.2) is 36.7 Å². The SMILES string of the molecule is CC(C)Oc1cc(Nc2ccc(CN)cc2)ncn1. The van der Waals surface area contributed by atoms with Crippen molar-refractivity contribution in [1.82, 2.24) is 9.97 Å². The minimum Gasteiger partial charge on any atom is -0.475 e. The molecule has 0 aliphatic heterocycles. The minimum atomic E-state index is 0.0894. The van der Waals surface area contributed by atoms with Crippen LogP contribution in [-0.4, -0.2) is 16.1 Å². The number of nitrogens with one attached hydrogen (secondary N) is 1. The molecule has 100 valence electrons. The average Bonchev–Trinajstić information content (AvgIpc) is 2.39. The predicted octanol–water partition coefficient (Wildman–Crippen LogP) is 2.47. The summed E-state index contributed by atoms with van der Waals surface area (Å²) in [4.78, 5) is 8.22. The first-order valence-corrected chi connectivity index (χ1v) is 6.22. The van der Waals surface area contributed by atoms with Crippen LogP contribution in [0, 0.1) is 0 Å². The van der Waals surface area contributed by atoms with Gasteiger partial charge in [-0.05, 0) is 31.5 Å². The van der Waals surface area contributed by atoms with E-state index in [4.69, 9.17) is 10.5 Å². The third-order valence-electron chi connectivity index (χ3n) is 2.46. The second-order valence-corrected chi connectivity index (χ2v) is 4.43. The van der Waals surface area contributed by atoms with Crippen molar-refractivity contribution in [2.75, 3.05) is 5.32 Å². The number of hydrogen-bond donors (Lipinski definition) is 2. The van der Waals surface area contributed by atoms with E-state index in [-0.39, 0.29) is 6.10 Å². The summed E-state index contributed by atoms with van der Waals surface area (Å²) in [5.74, 6) is 1.26. The van der Waals surface area contributed by atoms with Gasteiger partial charge in [-0.1, -0.05) is 12.1 Å². The van der Waals surface area contributed by atoms with Gasteiger partial charge in [0.05, 0.1) is 6.10 Å². The summed E-state index contributed by atoms with van der Waals surface area (Å²) in [6.07, 6.45) is 1.57. The molecule has 3 N–H and O–H groups in total. The molecule has 19 heavy (non-hydrogen) atoms. The number of hydrogen-bond acceptors (Lipinski definition) is 5. The number of aromatic nitrogens is 2. The first kappa shape index (κ1) is 13.3. The van der Waals surface area contributed by atoms with Crippen molar-refractivity contribution >= 4 is 11.5 Å². The topological polar surface area (TPSA) is 73.1 Å². The van der Waals surface area contributed by atoms with Gasteiger partial charge >= 0.3 is 0 Å². The summed E-state index contributed by atoms with van der Waals surface area (Å²) in [6.45, 7) is 4.46. The van der Waals surface area contributed by atoms with Crippen LogP contribution in [0.25, 0.3) is 0 Å². The van der Waals surface area contributed by atoms with Gasteiger partial charge in [0.2, 0.25) is 5.88 Å². The lowest BCUT2D eigenvalue weighted by Crippen LogP contribution is -2.07. The van der Waals surface area contributed by atoms with Gasteiger partial charge in [-0.25, -0.2) is 9.97 Å². The Bertz CT molecular complexity index is 525. The molecule has 0 aliphatic carbocycles. The molecule has 0 amide bonds. The average molecular weight is 258 g/mol. The summed E-state index contributed by atoms with van der Waals surface area (Å²) in [7, 11) is 0. The standard InChI is InChI=1S/C14H18N4O/c1-10(2)19-14-7-13(16-9-17-14)18-12-5-3-11(8-15)4-6-12/h3-7,9-10H,8,15H2,1-2H3,(H,16,17,18). The van der Waals surface area contributed by atoms with Crippen LogP contribution in [0.5, 0.6) is 5.88 Å². The fraction of sp³-hybridized carbons (Fsp3) is 0.286. The van der Waals surface area contributed by atoms with Crippen molar-refractivity contribution in [3.63, 3.8) is 0 Å². The van der Waals surface area contributed by atoms with E-state index in [0.717, 1.165) is 11.3 Å². The van der Waals surface area contributed by atoms with Crippen molar-refractivity contribution in [2.45, 2.75) is 26.5 Å². The maximum absolute atomic E-state index is 5.56. The molecule has 2 rings (SSSR count). The lowest BCUT2D eigenvalue weighted by molar-refractivity contribution is 0.232. The Balaban J connectivity index is 2.09. The Morgan fingerprint density at radius 3 is 2.58 bits per heavy atom. The molecule has 0 radical (unpaired) electrons. The van der Waals surface area contributed by atoms with E-state index in [1.54, 1.807) is 6.07 Å². The van der Waals surface area contributed by atoms with Crippen molar-refractivity contribution in [1.29, 1.82) is 0 Å². The molecule has 0 atom stereocenters. The lowest BCUT2D eigenvalue weighted by Gasteiger charge is -2.10. The zero-order valence-corrected chi connectivity index (χ0v) is 11.1. The van der Waals surface area contributed by atoms with Crippen LogP contribution in [0.4, 0.5) is 11.5 Å². The van der Waals surface area contributed by atoms with Crippen LogP contribution < -0.4 is 15.8 Å². The highest BCUT2D eigenvalue weighted by Gasteiger charge is 2.02. The quantitative estimate of drug-likeness (QED) is 0.861. The molecule has 0 aliphatic rings. The summed E-state index contributed by atoms with van der Waals surface area (Å²) in [5, 5.41) is 3.20. The van der Waals surface area contributed by atoms with E-state index in [1.165, 1.54) is 6.33 Å². The number of rotatable bonds is 5. The van der Waals surface area contributed by atoms with E-state index in [2.05, 4.69) is 15.3 Å². The molecule has 1 aromatic heterocycles. The van der Waals surface area contributed by atoms with Crippen molar-refractivity contribution in [3.8, 4) is 5.88 Å². The number of benzene rings is 1. The highest BCUT2D eigenvalue weighted by atomic mass is 16.5. The van der Waals surface area contributed by atoms with Crippen LogP contribution in [-0.2, 0) is 6.54 Å². The fourth-order valence-corrected chi connectivity index (χ4v) is 1.59. The molecule has 0 saturated heterocycles. The third kappa shape index (κ3) is 3.93. The highest BCUT2D eigenvalue weighted by molar-refractivity contribution is 5.56. The summed E-state index contributed by atoms with van der Waals surface area (Å²) < 4.78 is 5.52. The molecule has 5 heteroatoms. The molecule has 0 bridgehead atoms. The minimum absolute atomic E-state index is 0.0894. The molecule has 0 fully saturated rings. The Morgan fingerprint density at radius 2 is 1.95 bits per heavy atom. The van der Waals surface area contributed by atoms with Gasteiger partial charge in [-0.2, -0.15) is 0 Å². The number of nitrogens with two attached hydrogens (primary N) is 1. The summed E-state index contributed by atoms with van der Waals surface area (Å²) in [6, 6.07) is 9.67. The Labute approximate surface area is 112 Å². The monoisotopic (exact) mass is 258 g/mol. The number of ether oxygens (including phenoxy) is 1. The Morgan fingerprint density at radius 1 is 1.21 bits per heavy atom. The van der Waals surface area contributed by atoms with Gasteiger partial charge in [0.15, 0.2) is 0 Å². The van der Waals surface area contributed by atoms with Gasteiger partial charge in [0.1, 0.15) is 12.1 Å². The van der Waals surface area contributed by atoms with E-state index in [9.17, 15) is 0 Å². The van der Waals surface area contributed by atoms with Crippen LogP contribution in [0.1, 0.15) is 19.4 Å². The highest BCUT2D eigenvalue weighted by Crippen LogP contribution is 2.18. The molecular weight excluding hydrogens is 240 g/mol. The van der Waals surface area contributed by atoms with Gasteiger partial charge in [0, 0.05) is 18.3 Å². The smallest absolute Gasteiger partial charge is 0.218 e. The number of anilines is 2. The van der Waals surface area contributed by atoms with E-state index in [0.29, 0.717) is 18.2 Å². The molecule has 0 saturated carbocycles. The van der Waals surface area contributed by atoms with Crippen molar-refractivity contribution in [3.05, 3.63) is 42.2 Å². The third-order valence-corrected chi connectivity index (χ3v) is 2.46. The maximum Gasteiger partial charge on any atom is 0.218 e. The van der Waals surface area contributed by atoms with Crippen molar-refractivity contribution in [2.24, 2.45) is 5.73 Å². The first-order chi connectivity index (χ1) is 9.17. The molecular formula is C14H18N4O. The maximum atomic E-state index is 5.56. The van der Waals surface area contributed by atoms with Gasteiger partial charge < -0.3 is 15.8 Å². The fourth-order valence-electron chi connectivity index (χ4n) is 1.59. The second-order valence-electron chi connectivity index (χ2n) is 4.43. The molecule has 5 nitrogen and oxygen atoms in total. The first-order valence-electron chi connectivity index (χ1n) is 6.22. The van der Waals surface area contributed by atoms with Gasteiger partial charge in [0.25, 0.3) is 0 Å².